The Labute approximate surface area is 224 Å². The van der Waals surface area contributed by atoms with E-state index in [2.05, 4.69) is 28.2 Å². The van der Waals surface area contributed by atoms with Crippen molar-refractivity contribution in [1.29, 1.82) is 0 Å². The Kier molecular flexibility index (Phi) is 15.9. The topological polar surface area (TPSA) is 177 Å². The van der Waals surface area contributed by atoms with Crippen LogP contribution < -0.4 is 21.3 Å². The zero-order chi connectivity index (χ0) is 28.5. The van der Waals surface area contributed by atoms with E-state index in [9.17, 15) is 34.5 Å². The van der Waals surface area contributed by atoms with E-state index in [0.29, 0.717) is 6.42 Å². The van der Waals surface area contributed by atoms with Crippen molar-refractivity contribution in [2.75, 3.05) is 6.54 Å². The molecule has 1 aliphatic rings. The van der Waals surface area contributed by atoms with Gasteiger partial charge in [-0.2, -0.15) is 0 Å². The highest BCUT2D eigenvalue weighted by Gasteiger charge is 2.31. The second-order valence-electron chi connectivity index (χ2n) is 9.59. The number of hydrogen-bond acceptors (Lipinski definition) is 7. The molecule has 1 aliphatic heterocycles. The predicted octanol–water partition coefficient (Wildman–Crippen LogP) is 0.112. The van der Waals surface area contributed by atoms with E-state index in [1.165, 1.54) is 31.2 Å². The van der Waals surface area contributed by atoms with Gasteiger partial charge in [0.1, 0.15) is 12.1 Å². The van der Waals surface area contributed by atoms with Gasteiger partial charge in [-0.1, -0.05) is 50.5 Å². The van der Waals surface area contributed by atoms with Crippen LogP contribution in [0.2, 0.25) is 0 Å². The number of hydrogen-bond donors (Lipinski definition) is 7. The molecule has 38 heavy (non-hydrogen) atoms. The fourth-order valence-electron chi connectivity index (χ4n) is 3.72. The molecule has 0 aliphatic carbocycles. The predicted molar refractivity (Wildman–Crippen MR) is 144 cm³/mol. The van der Waals surface area contributed by atoms with Gasteiger partial charge in [0.2, 0.25) is 23.6 Å². The van der Waals surface area contributed by atoms with Gasteiger partial charge in [0.25, 0.3) is 0 Å². The number of amides is 4. The van der Waals surface area contributed by atoms with Gasteiger partial charge in [-0.05, 0) is 33.1 Å². The van der Waals surface area contributed by atoms with Gasteiger partial charge < -0.3 is 36.6 Å². The first kappa shape index (κ1) is 33.0. The second-order valence-corrected chi connectivity index (χ2v) is 9.59. The molecule has 11 nitrogen and oxygen atoms in total. The molecule has 214 valence electrons. The van der Waals surface area contributed by atoms with Gasteiger partial charge in [-0.25, -0.2) is 0 Å². The average Bonchev–Trinajstić information content (AvgIpc) is 2.84. The minimum atomic E-state index is -1.35. The summed E-state index contributed by atoms with van der Waals surface area (Å²) in [5.74, 6) is -2.34. The van der Waals surface area contributed by atoms with Gasteiger partial charge in [0.15, 0.2) is 0 Å². The van der Waals surface area contributed by atoms with Crippen LogP contribution in [0.15, 0.2) is 36.5 Å². The van der Waals surface area contributed by atoms with Crippen molar-refractivity contribution >= 4 is 23.6 Å². The van der Waals surface area contributed by atoms with Gasteiger partial charge >= 0.3 is 0 Å². The van der Waals surface area contributed by atoms with Gasteiger partial charge in [-0.3, -0.25) is 19.2 Å². The first-order valence-electron chi connectivity index (χ1n) is 13.3. The van der Waals surface area contributed by atoms with E-state index >= 15 is 0 Å². The van der Waals surface area contributed by atoms with Crippen molar-refractivity contribution in [1.82, 2.24) is 21.3 Å². The van der Waals surface area contributed by atoms with E-state index in [4.69, 9.17) is 0 Å². The lowest BCUT2D eigenvalue weighted by Gasteiger charge is -2.26. The summed E-state index contributed by atoms with van der Waals surface area (Å²) in [5.41, 5.74) is 0. The normalized spacial score (nSPS) is 23.6. The summed E-state index contributed by atoms with van der Waals surface area (Å²) in [6.45, 7) is 5.26. The number of aliphatic hydroxyl groups excluding tert-OH is 3. The van der Waals surface area contributed by atoms with Crippen LogP contribution >= 0.6 is 0 Å². The van der Waals surface area contributed by atoms with E-state index in [-0.39, 0.29) is 25.3 Å². The zero-order valence-electron chi connectivity index (χ0n) is 22.6. The van der Waals surface area contributed by atoms with E-state index in [1.807, 2.05) is 0 Å². The first-order valence-corrected chi connectivity index (χ1v) is 13.3. The highest BCUT2D eigenvalue weighted by atomic mass is 16.3. The number of carbonyl (C=O) groups is 4. The number of aliphatic hydroxyl groups is 3. The van der Waals surface area contributed by atoms with Crippen LogP contribution in [0, 0.1) is 0 Å². The number of allylic oxidation sites excluding steroid dienone is 2. The smallest absolute Gasteiger partial charge is 0.245 e. The van der Waals surface area contributed by atoms with E-state index < -0.39 is 54.2 Å². The van der Waals surface area contributed by atoms with Gasteiger partial charge in [0.05, 0.1) is 18.3 Å². The van der Waals surface area contributed by atoms with Crippen LogP contribution in [-0.4, -0.2) is 81.9 Å². The fourth-order valence-corrected chi connectivity index (χ4v) is 3.72. The van der Waals surface area contributed by atoms with E-state index in [1.54, 1.807) is 19.1 Å². The molecule has 4 amide bonds. The maximum atomic E-state index is 12.9. The third-order valence-corrected chi connectivity index (χ3v) is 5.93. The maximum Gasteiger partial charge on any atom is 0.245 e. The lowest BCUT2D eigenvalue weighted by atomic mass is 10.0. The van der Waals surface area contributed by atoms with Crippen LogP contribution in [0.25, 0.3) is 0 Å². The number of rotatable bonds is 12. The van der Waals surface area contributed by atoms with Crippen molar-refractivity contribution in [2.45, 2.75) is 102 Å². The van der Waals surface area contributed by atoms with Crippen LogP contribution in [-0.2, 0) is 19.2 Å². The Bertz CT molecular complexity index is 856. The molecule has 0 saturated carbocycles. The summed E-state index contributed by atoms with van der Waals surface area (Å²) in [4.78, 5) is 49.7. The molecule has 0 bridgehead atoms. The molecular formula is C27H44N4O7. The standard InChI is InChI=1S/C27H44N4O7/c1-4-5-7-10-20(33)11-8-6-9-12-24(36)31-25(19(3)32)27(38)30-22-17-21(34)15-16-28-23(35)14-13-18(2)29-26(22)37/h6,8-9,12-14,18-22,25,32-34H,4-5,7,10-11,15-17H2,1-3H3,(H,28,35)(H,29,37)(H,30,38)(H,31,36). The summed E-state index contributed by atoms with van der Waals surface area (Å²) >= 11 is 0. The number of nitrogens with one attached hydrogen (secondary N) is 4. The third-order valence-electron chi connectivity index (χ3n) is 5.93. The largest absolute Gasteiger partial charge is 0.393 e. The fraction of sp³-hybridized carbons (Fsp3) is 0.630. The first-order chi connectivity index (χ1) is 18.0. The molecule has 0 fully saturated rings. The summed E-state index contributed by atoms with van der Waals surface area (Å²) in [5, 5.41) is 40.6. The molecule has 0 saturated heterocycles. The lowest BCUT2D eigenvalue weighted by molar-refractivity contribution is -0.134. The Morgan fingerprint density at radius 1 is 1.21 bits per heavy atom. The van der Waals surface area contributed by atoms with Gasteiger partial charge in [-0.15, -0.1) is 0 Å². The van der Waals surface area contributed by atoms with Crippen LogP contribution in [0.1, 0.15) is 65.7 Å². The monoisotopic (exact) mass is 536 g/mol. The molecule has 0 radical (unpaired) electrons. The number of unbranched alkanes of at least 4 members (excludes halogenated alkanes) is 2. The Balaban J connectivity index is 2.75. The molecule has 6 unspecified atom stereocenters. The quantitative estimate of drug-likeness (QED) is 0.105. The summed E-state index contributed by atoms with van der Waals surface area (Å²) in [6.07, 6.45) is 10.4. The Morgan fingerprint density at radius 2 is 1.95 bits per heavy atom. The Hall–Kier alpha value is -3.02. The summed E-state index contributed by atoms with van der Waals surface area (Å²) in [6, 6.07) is -3.00. The average molecular weight is 537 g/mol. The minimum absolute atomic E-state index is 0.126. The lowest BCUT2D eigenvalue weighted by Crippen LogP contribution is -2.58. The molecule has 7 N–H and O–H groups in total. The summed E-state index contributed by atoms with van der Waals surface area (Å²) in [7, 11) is 0. The molecule has 0 aromatic heterocycles. The molecular weight excluding hydrogens is 492 g/mol. The zero-order valence-corrected chi connectivity index (χ0v) is 22.6. The van der Waals surface area contributed by atoms with Crippen LogP contribution in [0.3, 0.4) is 0 Å². The van der Waals surface area contributed by atoms with Crippen LogP contribution in [0.5, 0.6) is 0 Å². The van der Waals surface area contributed by atoms with Gasteiger partial charge in [0, 0.05) is 31.2 Å². The molecule has 0 aromatic rings. The SMILES string of the molecule is CCCCCC(O)CC=CC=CC(=O)NC(C(=O)NC1CC(O)CCNC(=O)C=CC(C)NC1=O)C(C)O. The highest BCUT2D eigenvalue weighted by molar-refractivity contribution is 5.95. The van der Waals surface area contributed by atoms with Crippen molar-refractivity contribution < 1.29 is 34.5 Å². The molecule has 0 aromatic carbocycles. The Morgan fingerprint density at radius 3 is 2.63 bits per heavy atom. The minimum Gasteiger partial charge on any atom is -0.393 e. The van der Waals surface area contributed by atoms with E-state index in [0.717, 1.165) is 25.7 Å². The molecule has 0 spiro atoms. The van der Waals surface area contributed by atoms with Crippen molar-refractivity contribution in [2.24, 2.45) is 0 Å². The molecule has 1 heterocycles. The molecule has 1 rings (SSSR count). The second kappa shape index (κ2) is 18.3. The summed E-state index contributed by atoms with van der Waals surface area (Å²) < 4.78 is 0. The third kappa shape index (κ3) is 14.1. The molecule has 6 atom stereocenters. The molecule has 11 heteroatoms. The highest BCUT2D eigenvalue weighted by Crippen LogP contribution is 2.08. The van der Waals surface area contributed by atoms with Crippen molar-refractivity contribution in [3.05, 3.63) is 36.5 Å². The number of carbonyl (C=O) groups excluding carboxylic acids is 4. The van der Waals surface area contributed by atoms with Crippen LogP contribution in [0.4, 0.5) is 0 Å². The maximum absolute atomic E-state index is 12.9. The van der Waals surface area contributed by atoms with Crippen molar-refractivity contribution in [3.63, 3.8) is 0 Å². The van der Waals surface area contributed by atoms with Crippen molar-refractivity contribution in [3.8, 4) is 0 Å².